The van der Waals surface area contributed by atoms with E-state index in [2.05, 4.69) is 196 Å². The molecule has 0 bridgehead atoms. The fourth-order valence-electron chi connectivity index (χ4n) is 6.12. The van der Waals surface area contributed by atoms with Crippen LogP contribution in [0.25, 0.3) is 5.69 Å². The summed E-state index contributed by atoms with van der Waals surface area (Å²) in [6.07, 6.45) is 0. The summed E-state index contributed by atoms with van der Waals surface area (Å²) in [5.41, 5.74) is 2.86. The van der Waals surface area contributed by atoms with Gasteiger partial charge in [-0.3, -0.25) is 0 Å². The third-order valence-electron chi connectivity index (χ3n) is 8.20. The van der Waals surface area contributed by atoms with Crippen molar-refractivity contribution in [3.05, 3.63) is 152 Å². The Morgan fingerprint density at radius 3 is 1.22 bits per heavy atom. The Morgan fingerprint density at radius 2 is 0.822 bits per heavy atom. The normalized spacial score (nSPS) is 12.2. The van der Waals surface area contributed by atoms with Crippen molar-refractivity contribution in [2.75, 3.05) is 0 Å². The minimum atomic E-state index is -1.80. The van der Waals surface area contributed by atoms with E-state index in [4.69, 9.17) is 0 Å². The van der Waals surface area contributed by atoms with E-state index in [1.165, 1.54) is 48.1 Å². The molecular formula is C40H43NP2Si2. The van der Waals surface area contributed by atoms with Gasteiger partial charge < -0.3 is 4.57 Å². The monoisotopic (exact) mass is 655 g/mol. The van der Waals surface area contributed by atoms with Crippen molar-refractivity contribution < 1.29 is 0 Å². The maximum atomic E-state index is 2.78. The van der Waals surface area contributed by atoms with Gasteiger partial charge in [-0.25, -0.2) is 0 Å². The Labute approximate surface area is 274 Å². The first-order valence-corrected chi connectivity index (χ1v) is 25.5. The summed E-state index contributed by atoms with van der Waals surface area (Å²) in [6, 6.07) is 57.0. The van der Waals surface area contributed by atoms with E-state index >= 15 is 0 Å². The molecule has 0 aliphatic rings. The van der Waals surface area contributed by atoms with E-state index in [1.54, 1.807) is 0 Å². The quantitative estimate of drug-likeness (QED) is 0.116. The summed E-state index contributed by atoms with van der Waals surface area (Å²) in [4.78, 5) is 0. The lowest BCUT2D eigenvalue weighted by Gasteiger charge is -2.33. The first-order valence-electron chi connectivity index (χ1n) is 15.8. The van der Waals surface area contributed by atoms with Crippen molar-refractivity contribution in [1.29, 1.82) is 0 Å². The molecule has 45 heavy (non-hydrogen) atoms. The second-order valence-electron chi connectivity index (χ2n) is 13.6. The number of nitrogens with zero attached hydrogens (tertiary/aromatic N) is 1. The number of aromatic nitrogens is 1. The van der Waals surface area contributed by atoms with Crippen molar-refractivity contribution in [3.63, 3.8) is 0 Å². The van der Waals surface area contributed by atoms with Crippen LogP contribution in [0.1, 0.15) is 0 Å². The highest BCUT2D eigenvalue weighted by Gasteiger charge is 2.34. The molecule has 0 unspecified atom stereocenters. The molecule has 1 aromatic heterocycles. The van der Waals surface area contributed by atoms with E-state index in [1.807, 2.05) is 0 Å². The van der Waals surface area contributed by atoms with Crippen molar-refractivity contribution in [3.8, 4) is 5.69 Å². The summed E-state index contributed by atoms with van der Waals surface area (Å²) < 4.78 is 2.78. The zero-order valence-electron chi connectivity index (χ0n) is 27.3. The second kappa shape index (κ2) is 13.2. The molecule has 0 saturated carbocycles. The van der Waals surface area contributed by atoms with Crippen LogP contribution < -0.4 is 42.5 Å². The number of rotatable bonds is 9. The third kappa shape index (κ3) is 6.65. The summed E-state index contributed by atoms with van der Waals surface area (Å²) in [6.45, 7) is 15.0. The smallest absolute Gasteiger partial charge is 0.0990 e. The molecule has 6 aromatic rings. The van der Waals surface area contributed by atoms with Crippen LogP contribution in [0.4, 0.5) is 0 Å². The molecule has 1 nitrogen and oxygen atoms in total. The van der Waals surface area contributed by atoms with Gasteiger partial charge in [0.1, 0.15) is 0 Å². The SMILES string of the molecule is C[Si](C)(C)c1cccc(P(c2ccccc2)c2ccccc2)c1-n1c(P(c2ccccc2)c2ccccc2)ccc1[Si](C)(C)C. The molecular weight excluding hydrogens is 613 g/mol. The van der Waals surface area contributed by atoms with Crippen LogP contribution in [-0.4, -0.2) is 20.7 Å². The first kappa shape index (κ1) is 31.6. The van der Waals surface area contributed by atoms with Gasteiger partial charge in [0.05, 0.1) is 27.3 Å². The maximum absolute atomic E-state index is 2.78. The number of benzene rings is 5. The highest BCUT2D eigenvalue weighted by molar-refractivity contribution is 7.80. The molecule has 0 saturated heterocycles. The molecule has 0 radical (unpaired) electrons. The molecule has 0 atom stereocenters. The van der Waals surface area contributed by atoms with Gasteiger partial charge in [0.15, 0.2) is 0 Å². The highest BCUT2D eigenvalue weighted by Crippen LogP contribution is 2.38. The fraction of sp³-hybridized carbons (Fsp3) is 0.150. The number of hydrogen-bond acceptors (Lipinski definition) is 0. The lowest BCUT2D eigenvalue weighted by Crippen LogP contribution is -2.51. The molecule has 1 heterocycles. The van der Waals surface area contributed by atoms with Crippen LogP contribution in [-0.2, 0) is 0 Å². The summed E-state index contributed by atoms with van der Waals surface area (Å²) >= 11 is 0. The van der Waals surface area contributed by atoms with Crippen molar-refractivity contribution in [2.24, 2.45) is 0 Å². The molecule has 5 heteroatoms. The third-order valence-corrected chi connectivity index (χ3v) is 17.1. The molecule has 0 spiro atoms. The van der Waals surface area contributed by atoms with Crippen LogP contribution in [0.15, 0.2) is 152 Å². The fourth-order valence-corrected chi connectivity index (χ4v) is 14.2. The maximum Gasteiger partial charge on any atom is 0.0990 e. The first-order chi connectivity index (χ1) is 21.6. The Morgan fingerprint density at radius 1 is 0.400 bits per heavy atom. The van der Waals surface area contributed by atoms with E-state index in [0.717, 1.165) is 0 Å². The van der Waals surface area contributed by atoms with Gasteiger partial charge in [-0.1, -0.05) is 179 Å². The van der Waals surface area contributed by atoms with Gasteiger partial charge in [-0.15, -0.1) is 0 Å². The van der Waals surface area contributed by atoms with Gasteiger partial charge >= 0.3 is 0 Å². The van der Waals surface area contributed by atoms with Crippen LogP contribution in [0.5, 0.6) is 0 Å². The van der Waals surface area contributed by atoms with Gasteiger partial charge in [-0.2, -0.15) is 0 Å². The van der Waals surface area contributed by atoms with E-state index in [9.17, 15) is 0 Å². The second-order valence-corrected chi connectivity index (χ2v) is 28.0. The lowest BCUT2D eigenvalue weighted by atomic mass is 10.3. The minimum Gasteiger partial charge on any atom is -0.317 e. The predicted octanol–water partition coefficient (Wildman–Crippen LogP) is 7.08. The average Bonchev–Trinajstić information content (AvgIpc) is 3.48. The predicted molar refractivity (Wildman–Crippen MR) is 209 cm³/mol. The van der Waals surface area contributed by atoms with Crippen molar-refractivity contribution in [2.45, 2.75) is 39.3 Å². The average molecular weight is 656 g/mol. The standard InChI is InChI=1S/C40H43NP2Si2/c1-44(2,3)37-29-19-28-36(42(32-20-11-7-12-21-32)33-22-13-8-14-23-33)40(37)41-38(30-31-39(41)45(4,5)6)43(34-24-15-9-16-25-34)35-26-17-10-18-27-35/h7-31H,1-6H3. The van der Waals surface area contributed by atoms with Crippen LogP contribution in [0, 0.1) is 0 Å². The zero-order chi connectivity index (χ0) is 31.6. The van der Waals surface area contributed by atoms with Crippen LogP contribution >= 0.6 is 15.8 Å². The van der Waals surface area contributed by atoms with Gasteiger partial charge in [0, 0.05) is 18.5 Å². The molecule has 226 valence electrons. The molecule has 0 aliphatic heterocycles. The minimum absolute atomic E-state index is 0.797. The van der Waals surface area contributed by atoms with Gasteiger partial charge in [0.25, 0.3) is 0 Å². The van der Waals surface area contributed by atoms with Gasteiger partial charge in [0.2, 0.25) is 0 Å². The van der Waals surface area contributed by atoms with Crippen LogP contribution in [0.2, 0.25) is 39.3 Å². The van der Waals surface area contributed by atoms with E-state index in [-0.39, 0.29) is 0 Å². The Balaban J connectivity index is 1.75. The van der Waals surface area contributed by atoms with Crippen molar-refractivity contribution >= 4 is 74.5 Å². The number of hydrogen-bond donors (Lipinski definition) is 0. The van der Waals surface area contributed by atoms with E-state index < -0.39 is 32.0 Å². The van der Waals surface area contributed by atoms with Crippen molar-refractivity contribution in [1.82, 2.24) is 4.57 Å². The molecule has 0 aliphatic carbocycles. The summed E-state index contributed by atoms with van der Waals surface area (Å²) in [7, 11) is -5.19. The van der Waals surface area contributed by atoms with E-state index in [0.29, 0.717) is 0 Å². The largest absolute Gasteiger partial charge is 0.317 e. The Bertz CT molecular complexity index is 1780. The molecule has 0 amide bonds. The lowest BCUT2D eigenvalue weighted by molar-refractivity contribution is 1.17. The molecule has 5 aromatic carbocycles. The Hall–Kier alpha value is -3.33. The summed E-state index contributed by atoms with van der Waals surface area (Å²) in [5.74, 6) is 0. The zero-order valence-corrected chi connectivity index (χ0v) is 31.1. The summed E-state index contributed by atoms with van der Waals surface area (Å²) in [5, 5.41) is 10.1. The molecule has 0 fully saturated rings. The van der Waals surface area contributed by atoms with Gasteiger partial charge in [-0.05, 0) is 46.5 Å². The molecule has 0 N–H and O–H groups in total. The number of para-hydroxylation sites is 1. The highest BCUT2D eigenvalue weighted by atomic mass is 31.1. The topological polar surface area (TPSA) is 4.93 Å². The Kier molecular flexibility index (Phi) is 9.28. The van der Waals surface area contributed by atoms with Crippen LogP contribution in [0.3, 0.4) is 0 Å². The molecule has 6 rings (SSSR count).